The second-order valence-corrected chi connectivity index (χ2v) is 8.25. The zero-order valence-electron chi connectivity index (χ0n) is 18.0. The van der Waals surface area contributed by atoms with E-state index in [0.29, 0.717) is 18.4 Å². The number of guanidine groups is 1. The number of hydrogen-bond acceptors (Lipinski definition) is 3. The van der Waals surface area contributed by atoms with Gasteiger partial charge in [0, 0.05) is 52.0 Å². The highest BCUT2D eigenvalue weighted by Crippen LogP contribution is 2.40. The molecule has 2 fully saturated rings. The number of amides is 1. The van der Waals surface area contributed by atoms with Crippen molar-refractivity contribution in [1.82, 2.24) is 10.6 Å². The van der Waals surface area contributed by atoms with Crippen LogP contribution in [0.5, 0.6) is 0 Å². The maximum Gasteiger partial charge on any atom is 0.227 e. The molecule has 29 heavy (non-hydrogen) atoms. The highest BCUT2D eigenvalue weighted by Gasteiger charge is 2.33. The zero-order valence-corrected chi connectivity index (χ0v) is 18.0. The van der Waals surface area contributed by atoms with Gasteiger partial charge in [-0.15, -0.1) is 0 Å². The number of carbonyl (C=O) groups excluding carboxylic acids is 1. The number of hydrogen-bond donors (Lipinski definition) is 2. The minimum Gasteiger partial charge on any atom is -0.382 e. The van der Waals surface area contributed by atoms with E-state index in [2.05, 4.69) is 34.7 Å². The molecule has 1 amide bonds. The Labute approximate surface area is 175 Å². The molecule has 1 aliphatic heterocycles. The summed E-state index contributed by atoms with van der Waals surface area (Å²) in [7, 11) is 1.82. The highest BCUT2D eigenvalue weighted by molar-refractivity contribution is 5.95. The third-order valence-corrected chi connectivity index (χ3v) is 6.28. The fourth-order valence-electron chi connectivity index (χ4n) is 4.47. The molecule has 1 saturated carbocycles. The molecule has 2 N–H and O–H groups in total. The van der Waals surface area contributed by atoms with Gasteiger partial charge in [-0.25, -0.2) is 0 Å². The minimum atomic E-state index is 0.227. The van der Waals surface area contributed by atoms with E-state index in [1.54, 1.807) is 0 Å². The summed E-state index contributed by atoms with van der Waals surface area (Å²) in [6.45, 7) is 6.17. The van der Waals surface area contributed by atoms with E-state index >= 15 is 0 Å². The third-order valence-electron chi connectivity index (χ3n) is 6.28. The van der Waals surface area contributed by atoms with Crippen LogP contribution in [-0.4, -0.2) is 45.2 Å². The number of nitrogens with zero attached hydrogens (tertiary/aromatic N) is 2. The molecule has 0 aromatic heterocycles. The molecule has 6 heteroatoms. The van der Waals surface area contributed by atoms with Gasteiger partial charge in [0.25, 0.3) is 0 Å². The van der Waals surface area contributed by atoms with Crippen LogP contribution < -0.4 is 15.5 Å². The summed E-state index contributed by atoms with van der Waals surface area (Å²) in [5.74, 6) is 1.07. The number of benzene rings is 1. The maximum atomic E-state index is 11.9. The van der Waals surface area contributed by atoms with E-state index < -0.39 is 0 Å². The number of nitrogens with one attached hydrogen (secondary N) is 2. The molecule has 3 rings (SSSR count). The van der Waals surface area contributed by atoms with Crippen molar-refractivity contribution in [2.45, 2.75) is 58.4 Å². The Bertz CT molecular complexity index is 681. The summed E-state index contributed by atoms with van der Waals surface area (Å²) in [4.78, 5) is 18.2. The molecule has 160 valence electrons. The molecular formula is C23H36N4O2. The SMILES string of the molecule is CCOCCC1(CNC(=NC)NCc2ccc(N3CCCC3=O)cc2)CCCC1. The molecule has 2 aliphatic rings. The lowest BCUT2D eigenvalue weighted by Gasteiger charge is -2.30. The van der Waals surface area contributed by atoms with Crippen molar-refractivity contribution < 1.29 is 9.53 Å². The van der Waals surface area contributed by atoms with Gasteiger partial charge < -0.3 is 20.3 Å². The van der Waals surface area contributed by atoms with E-state index in [1.807, 2.05) is 24.1 Å². The molecule has 1 aliphatic carbocycles. The maximum absolute atomic E-state index is 11.9. The van der Waals surface area contributed by atoms with Crippen LogP contribution in [0.25, 0.3) is 0 Å². The zero-order chi connectivity index (χ0) is 20.5. The molecule has 0 unspecified atom stereocenters. The van der Waals surface area contributed by atoms with Gasteiger partial charge in [0.05, 0.1) is 0 Å². The van der Waals surface area contributed by atoms with Crippen molar-refractivity contribution in [1.29, 1.82) is 0 Å². The van der Waals surface area contributed by atoms with Gasteiger partial charge in [-0.2, -0.15) is 0 Å². The Hall–Kier alpha value is -2.08. The van der Waals surface area contributed by atoms with E-state index in [-0.39, 0.29) is 5.91 Å². The van der Waals surface area contributed by atoms with Gasteiger partial charge in [-0.3, -0.25) is 9.79 Å². The van der Waals surface area contributed by atoms with Crippen molar-refractivity contribution in [2.75, 3.05) is 38.3 Å². The summed E-state index contributed by atoms with van der Waals surface area (Å²) < 4.78 is 5.61. The lowest BCUT2D eigenvalue weighted by Crippen LogP contribution is -2.43. The molecule has 0 bridgehead atoms. The first-order valence-corrected chi connectivity index (χ1v) is 11.1. The Balaban J connectivity index is 1.48. The summed E-state index contributed by atoms with van der Waals surface area (Å²) in [6, 6.07) is 8.25. The van der Waals surface area contributed by atoms with Crippen molar-refractivity contribution in [3.05, 3.63) is 29.8 Å². The van der Waals surface area contributed by atoms with E-state index in [4.69, 9.17) is 4.74 Å². The number of anilines is 1. The summed E-state index contributed by atoms with van der Waals surface area (Å²) in [6.07, 6.45) is 7.88. The topological polar surface area (TPSA) is 66.0 Å². The standard InChI is InChI=1S/C23H36N4O2/c1-3-29-16-14-23(12-4-5-13-23)18-26-22(24-2)25-17-19-8-10-20(11-9-19)27-15-6-7-21(27)28/h8-11H,3-7,12-18H2,1-2H3,(H2,24,25,26). The van der Waals surface area contributed by atoms with E-state index in [0.717, 1.165) is 50.8 Å². The lowest BCUT2D eigenvalue weighted by atomic mass is 9.83. The number of ether oxygens (including phenoxy) is 1. The quantitative estimate of drug-likeness (QED) is 0.378. The number of rotatable bonds is 9. The van der Waals surface area contributed by atoms with Crippen LogP contribution in [0.2, 0.25) is 0 Å². The van der Waals surface area contributed by atoms with Crippen LogP contribution in [0.4, 0.5) is 5.69 Å². The number of carbonyl (C=O) groups is 1. The molecule has 0 spiro atoms. The monoisotopic (exact) mass is 400 g/mol. The Morgan fingerprint density at radius 1 is 1.17 bits per heavy atom. The molecule has 1 heterocycles. The summed E-state index contributed by atoms with van der Waals surface area (Å²) >= 11 is 0. The molecule has 6 nitrogen and oxygen atoms in total. The highest BCUT2D eigenvalue weighted by atomic mass is 16.5. The van der Waals surface area contributed by atoms with Crippen LogP contribution in [-0.2, 0) is 16.1 Å². The van der Waals surface area contributed by atoms with Gasteiger partial charge in [-0.05, 0) is 55.7 Å². The van der Waals surface area contributed by atoms with Crippen LogP contribution >= 0.6 is 0 Å². The fourth-order valence-corrected chi connectivity index (χ4v) is 4.47. The molecule has 1 aromatic rings. The van der Waals surface area contributed by atoms with Crippen LogP contribution in [0, 0.1) is 5.41 Å². The van der Waals surface area contributed by atoms with Crippen molar-refractivity contribution in [3.63, 3.8) is 0 Å². The van der Waals surface area contributed by atoms with Gasteiger partial charge in [0.1, 0.15) is 0 Å². The van der Waals surface area contributed by atoms with Crippen LogP contribution in [0.3, 0.4) is 0 Å². The predicted molar refractivity (Wildman–Crippen MR) is 118 cm³/mol. The van der Waals surface area contributed by atoms with E-state index in [1.165, 1.54) is 31.2 Å². The fraction of sp³-hybridized carbons (Fsp3) is 0.652. The minimum absolute atomic E-state index is 0.227. The van der Waals surface area contributed by atoms with E-state index in [9.17, 15) is 4.79 Å². The first-order chi connectivity index (χ1) is 14.2. The second-order valence-electron chi connectivity index (χ2n) is 8.25. The summed E-state index contributed by atoms with van der Waals surface area (Å²) in [5.41, 5.74) is 2.50. The van der Waals surface area contributed by atoms with Crippen LogP contribution in [0.1, 0.15) is 57.4 Å². The Kier molecular flexibility index (Phi) is 7.92. The Morgan fingerprint density at radius 3 is 2.55 bits per heavy atom. The van der Waals surface area contributed by atoms with Crippen molar-refractivity contribution >= 4 is 17.6 Å². The first kappa shape index (κ1) is 21.6. The normalized spacial score (nSPS) is 19.0. The lowest BCUT2D eigenvalue weighted by molar-refractivity contribution is -0.117. The van der Waals surface area contributed by atoms with Gasteiger partial charge in [0.2, 0.25) is 5.91 Å². The molecule has 0 radical (unpaired) electrons. The van der Waals surface area contributed by atoms with Crippen molar-refractivity contribution in [2.24, 2.45) is 10.4 Å². The second kappa shape index (κ2) is 10.6. The van der Waals surface area contributed by atoms with Crippen molar-refractivity contribution in [3.8, 4) is 0 Å². The van der Waals surface area contributed by atoms with Gasteiger partial charge in [-0.1, -0.05) is 25.0 Å². The van der Waals surface area contributed by atoms with Gasteiger partial charge >= 0.3 is 0 Å². The molecular weight excluding hydrogens is 364 g/mol. The smallest absolute Gasteiger partial charge is 0.227 e. The molecule has 1 saturated heterocycles. The predicted octanol–water partition coefficient (Wildman–Crippen LogP) is 3.47. The van der Waals surface area contributed by atoms with Gasteiger partial charge in [0.15, 0.2) is 5.96 Å². The average molecular weight is 401 g/mol. The Morgan fingerprint density at radius 2 is 1.93 bits per heavy atom. The third kappa shape index (κ3) is 5.95. The first-order valence-electron chi connectivity index (χ1n) is 11.1. The molecule has 1 aromatic carbocycles. The average Bonchev–Trinajstić information content (AvgIpc) is 3.38. The summed E-state index contributed by atoms with van der Waals surface area (Å²) in [5, 5.41) is 6.96. The largest absolute Gasteiger partial charge is 0.382 e. The number of aliphatic imine (C=N–C) groups is 1. The van der Waals surface area contributed by atoms with Crippen LogP contribution in [0.15, 0.2) is 29.3 Å². The molecule has 0 atom stereocenters.